The summed E-state index contributed by atoms with van der Waals surface area (Å²) in [5.41, 5.74) is 9.53. The van der Waals surface area contributed by atoms with E-state index in [1.807, 2.05) is 0 Å². The molecule has 0 aliphatic rings. The highest BCUT2D eigenvalue weighted by Gasteiger charge is 2.25. The molecule has 9 aromatic carbocycles. The summed E-state index contributed by atoms with van der Waals surface area (Å²) in [6.45, 7) is 0. The summed E-state index contributed by atoms with van der Waals surface area (Å²) < 4.78 is 2.27. The number of nitrogens with zero attached hydrogens (tertiary/aromatic N) is 3. The second kappa shape index (κ2) is 13.6. The molecule has 57 heavy (non-hydrogen) atoms. The molecule has 0 N–H and O–H groups in total. The molecule has 0 fully saturated rings. The lowest BCUT2D eigenvalue weighted by molar-refractivity contribution is 1.02. The summed E-state index contributed by atoms with van der Waals surface area (Å²) in [6, 6.07) is 75.6. The lowest BCUT2D eigenvalue weighted by atomic mass is 9.86. The fourth-order valence-electron chi connectivity index (χ4n) is 8.61. The molecule has 3 nitrogen and oxygen atoms in total. The Labute approximate surface area is 330 Å². The summed E-state index contributed by atoms with van der Waals surface area (Å²) >= 11 is 0. The van der Waals surface area contributed by atoms with E-state index >= 15 is 0 Å². The van der Waals surface area contributed by atoms with Gasteiger partial charge in [0.05, 0.1) is 17.1 Å². The van der Waals surface area contributed by atoms with Gasteiger partial charge in [0.25, 0.3) is 0 Å². The van der Waals surface area contributed by atoms with Crippen molar-refractivity contribution in [3.63, 3.8) is 0 Å². The highest BCUT2D eigenvalue weighted by molar-refractivity contribution is 6.23. The number of fused-ring (bicyclic) bond motifs is 4. The topological polar surface area (TPSA) is 30.7 Å². The molecule has 0 unspecified atom stereocenters. The number of pyridine rings is 1. The van der Waals surface area contributed by atoms with E-state index in [0.29, 0.717) is 0 Å². The van der Waals surface area contributed by atoms with Gasteiger partial charge in [0, 0.05) is 27.6 Å². The lowest BCUT2D eigenvalue weighted by Gasteiger charge is -2.20. The first-order chi connectivity index (χ1) is 28.3. The Balaban J connectivity index is 1.26. The number of imidazole rings is 1. The van der Waals surface area contributed by atoms with Gasteiger partial charge in [0.2, 0.25) is 0 Å². The Morgan fingerprint density at radius 2 is 0.789 bits per heavy atom. The monoisotopic (exact) mass is 725 g/mol. The highest BCUT2D eigenvalue weighted by atomic mass is 15.2. The SMILES string of the molecule is c1ccc(-c2nc(-c3ccccc3)n(-c3cc4ccccc4c(-c4c5ccccc5c(-c5ccc6ccccc6c5)c5ccccc45)n3)c2-c2ccccc2)cc1. The summed E-state index contributed by atoms with van der Waals surface area (Å²) in [7, 11) is 0. The zero-order valence-corrected chi connectivity index (χ0v) is 31.0. The van der Waals surface area contributed by atoms with Crippen LogP contribution in [0.5, 0.6) is 0 Å². The minimum absolute atomic E-state index is 0.808. The summed E-state index contributed by atoms with van der Waals surface area (Å²) in [5, 5.41) is 9.39. The molecule has 3 heteroatoms. The van der Waals surface area contributed by atoms with Gasteiger partial charge in [-0.05, 0) is 61.0 Å². The molecule has 0 radical (unpaired) electrons. The third-order valence-electron chi connectivity index (χ3n) is 11.2. The summed E-state index contributed by atoms with van der Waals surface area (Å²) in [4.78, 5) is 11.3. The van der Waals surface area contributed by atoms with Crippen LogP contribution in [0.3, 0.4) is 0 Å². The van der Waals surface area contributed by atoms with Crippen molar-refractivity contribution < 1.29 is 0 Å². The van der Waals surface area contributed by atoms with Crippen LogP contribution in [0.15, 0.2) is 212 Å². The number of hydrogen-bond donors (Lipinski definition) is 0. The second-order valence-electron chi connectivity index (χ2n) is 14.5. The van der Waals surface area contributed by atoms with Crippen LogP contribution in [0.4, 0.5) is 0 Å². The Hall–Kier alpha value is -7.62. The molecule has 0 bridgehead atoms. The number of benzene rings is 9. The molecule has 0 aliphatic carbocycles. The van der Waals surface area contributed by atoms with Crippen molar-refractivity contribution in [1.29, 1.82) is 0 Å². The minimum atomic E-state index is 0.808. The van der Waals surface area contributed by atoms with Gasteiger partial charge >= 0.3 is 0 Å². The fourth-order valence-corrected chi connectivity index (χ4v) is 8.61. The van der Waals surface area contributed by atoms with Crippen LogP contribution in [-0.2, 0) is 0 Å². The van der Waals surface area contributed by atoms with Crippen molar-refractivity contribution in [2.75, 3.05) is 0 Å². The first-order valence-electron chi connectivity index (χ1n) is 19.4. The molecular weight excluding hydrogens is 691 g/mol. The molecule has 0 atom stereocenters. The van der Waals surface area contributed by atoms with E-state index in [4.69, 9.17) is 9.97 Å². The molecular formula is C54H35N3. The maximum absolute atomic E-state index is 5.79. The Kier molecular flexibility index (Phi) is 7.82. The van der Waals surface area contributed by atoms with Crippen molar-refractivity contribution in [3.05, 3.63) is 212 Å². The molecule has 2 heterocycles. The van der Waals surface area contributed by atoms with Gasteiger partial charge < -0.3 is 0 Å². The standard InChI is InChI=1S/C54H35N3/c1-4-19-37(20-5-1)51-53(38-21-6-2-7-22-38)57(54(56-51)39-23-8-3-9-24-39)48-35-41-26-12-13-27-43(41)52(55-48)50-46-30-16-14-28-44(46)49(45-29-15-17-31-47(45)50)42-33-32-36-18-10-11-25-40(36)34-42/h1-35H. The molecule has 266 valence electrons. The first kappa shape index (κ1) is 32.8. The number of aromatic nitrogens is 3. The van der Waals surface area contributed by atoms with Crippen LogP contribution in [0.25, 0.3) is 105 Å². The molecule has 11 rings (SSSR count). The van der Waals surface area contributed by atoms with Crippen LogP contribution in [0.2, 0.25) is 0 Å². The predicted octanol–water partition coefficient (Wildman–Crippen LogP) is 14.2. The molecule has 0 amide bonds. The van der Waals surface area contributed by atoms with Crippen molar-refractivity contribution >= 4 is 43.1 Å². The zero-order chi connectivity index (χ0) is 37.7. The van der Waals surface area contributed by atoms with Gasteiger partial charge in [0.1, 0.15) is 11.6 Å². The van der Waals surface area contributed by atoms with Crippen LogP contribution in [-0.4, -0.2) is 14.5 Å². The van der Waals surface area contributed by atoms with Gasteiger partial charge in [-0.25, -0.2) is 9.97 Å². The van der Waals surface area contributed by atoms with Gasteiger partial charge in [-0.1, -0.05) is 200 Å². The van der Waals surface area contributed by atoms with E-state index in [1.54, 1.807) is 0 Å². The molecule has 0 aliphatic heterocycles. The Bertz CT molecular complexity index is 3220. The van der Waals surface area contributed by atoms with Crippen molar-refractivity contribution in [3.8, 4) is 62.1 Å². The summed E-state index contributed by atoms with van der Waals surface area (Å²) in [5.74, 6) is 1.64. The van der Waals surface area contributed by atoms with Gasteiger partial charge in [-0.15, -0.1) is 0 Å². The first-order valence-corrected chi connectivity index (χ1v) is 19.4. The summed E-state index contributed by atoms with van der Waals surface area (Å²) in [6.07, 6.45) is 0. The van der Waals surface area contributed by atoms with Crippen molar-refractivity contribution in [2.45, 2.75) is 0 Å². The largest absolute Gasteiger partial charge is 0.276 e. The van der Waals surface area contributed by atoms with E-state index in [2.05, 4.69) is 217 Å². The maximum Gasteiger partial charge on any atom is 0.146 e. The number of hydrogen-bond acceptors (Lipinski definition) is 2. The molecule has 0 saturated carbocycles. The Morgan fingerprint density at radius 3 is 1.42 bits per heavy atom. The van der Waals surface area contributed by atoms with Crippen LogP contribution >= 0.6 is 0 Å². The third kappa shape index (κ3) is 5.51. The smallest absolute Gasteiger partial charge is 0.146 e. The second-order valence-corrected chi connectivity index (χ2v) is 14.5. The highest BCUT2D eigenvalue weighted by Crippen LogP contribution is 2.46. The van der Waals surface area contributed by atoms with Gasteiger partial charge in [-0.2, -0.15) is 0 Å². The number of rotatable bonds is 6. The van der Waals surface area contributed by atoms with Gasteiger partial charge in [-0.3, -0.25) is 4.57 Å². The minimum Gasteiger partial charge on any atom is -0.276 e. The van der Waals surface area contributed by atoms with E-state index in [0.717, 1.165) is 72.5 Å². The quantitative estimate of drug-likeness (QED) is 0.160. The lowest BCUT2D eigenvalue weighted by Crippen LogP contribution is -2.05. The van der Waals surface area contributed by atoms with Crippen LogP contribution in [0.1, 0.15) is 0 Å². The third-order valence-corrected chi connectivity index (χ3v) is 11.2. The fraction of sp³-hybridized carbons (Fsp3) is 0. The van der Waals surface area contributed by atoms with Gasteiger partial charge in [0.15, 0.2) is 0 Å². The molecule has 11 aromatic rings. The maximum atomic E-state index is 5.79. The zero-order valence-electron chi connectivity index (χ0n) is 31.0. The van der Waals surface area contributed by atoms with Crippen molar-refractivity contribution in [1.82, 2.24) is 14.5 Å². The van der Waals surface area contributed by atoms with E-state index in [9.17, 15) is 0 Å². The average molecular weight is 726 g/mol. The van der Waals surface area contributed by atoms with E-state index in [1.165, 1.54) is 32.7 Å². The average Bonchev–Trinajstić information content (AvgIpc) is 3.70. The molecule has 0 saturated heterocycles. The Morgan fingerprint density at radius 1 is 0.298 bits per heavy atom. The molecule has 2 aromatic heterocycles. The normalized spacial score (nSPS) is 11.5. The predicted molar refractivity (Wildman–Crippen MR) is 239 cm³/mol. The molecule has 0 spiro atoms. The van der Waals surface area contributed by atoms with E-state index < -0.39 is 0 Å². The van der Waals surface area contributed by atoms with Crippen LogP contribution in [0, 0.1) is 0 Å². The van der Waals surface area contributed by atoms with Crippen LogP contribution < -0.4 is 0 Å². The van der Waals surface area contributed by atoms with Crippen molar-refractivity contribution in [2.24, 2.45) is 0 Å². The van der Waals surface area contributed by atoms with E-state index in [-0.39, 0.29) is 0 Å².